The second-order valence-corrected chi connectivity index (χ2v) is 5.33. The van der Waals surface area contributed by atoms with Crippen LogP contribution in [-0.4, -0.2) is 16.3 Å². The second-order valence-electron chi connectivity index (χ2n) is 5.33. The van der Waals surface area contributed by atoms with Crippen molar-refractivity contribution in [1.82, 2.24) is 15.1 Å². The van der Waals surface area contributed by atoms with Gasteiger partial charge in [-0.05, 0) is 32.0 Å². The molecule has 21 heavy (non-hydrogen) atoms. The molecule has 0 bridgehead atoms. The van der Waals surface area contributed by atoms with Crippen molar-refractivity contribution < 1.29 is 4.42 Å². The van der Waals surface area contributed by atoms with E-state index in [2.05, 4.69) is 35.5 Å². The first-order valence-electron chi connectivity index (χ1n) is 7.47. The highest BCUT2D eigenvalue weighted by Gasteiger charge is 2.09. The largest absolute Gasteiger partial charge is 0.464 e. The van der Waals surface area contributed by atoms with E-state index in [1.165, 1.54) is 5.56 Å². The first kappa shape index (κ1) is 13.9. The Hall–Kier alpha value is -2.07. The highest BCUT2D eigenvalue weighted by molar-refractivity contribution is 5.78. The molecule has 1 aromatic carbocycles. The van der Waals surface area contributed by atoms with Crippen LogP contribution in [0.1, 0.15) is 30.4 Å². The first-order chi connectivity index (χ1) is 10.3. The molecule has 0 spiro atoms. The lowest BCUT2D eigenvalue weighted by atomic mass is 10.2. The maximum absolute atomic E-state index is 5.87. The van der Waals surface area contributed by atoms with Crippen LogP contribution >= 0.6 is 0 Å². The smallest absolute Gasteiger partial charge is 0.126 e. The number of hydrogen-bond acceptors (Lipinski definition) is 3. The highest BCUT2D eigenvalue weighted by Crippen LogP contribution is 2.18. The number of benzene rings is 1. The molecule has 0 amide bonds. The van der Waals surface area contributed by atoms with Crippen molar-refractivity contribution in [2.45, 2.75) is 33.4 Å². The molecule has 3 rings (SSSR count). The molecule has 0 saturated carbocycles. The zero-order valence-corrected chi connectivity index (χ0v) is 12.6. The van der Waals surface area contributed by atoms with E-state index in [1.807, 2.05) is 29.9 Å². The fourth-order valence-electron chi connectivity index (χ4n) is 2.54. The average Bonchev–Trinajstić information content (AvgIpc) is 3.05. The number of fused-ring (bicyclic) bond motifs is 1. The molecule has 0 radical (unpaired) electrons. The van der Waals surface area contributed by atoms with E-state index >= 15 is 0 Å². The SMILES string of the molecule is CCCNCc1cc(Cn2ncc3ccccc32)oc1C. The Morgan fingerprint density at radius 1 is 1.29 bits per heavy atom. The molecule has 0 aliphatic heterocycles. The van der Waals surface area contributed by atoms with Gasteiger partial charge in [0.15, 0.2) is 0 Å². The summed E-state index contributed by atoms with van der Waals surface area (Å²) in [5, 5.41) is 9.02. The molecule has 4 nitrogen and oxygen atoms in total. The Kier molecular flexibility index (Phi) is 4.06. The summed E-state index contributed by atoms with van der Waals surface area (Å²) in [7, 11) is 0. The summed E-state index contributed by atoms with van der Waals surface area (Å²) >= 11 is 0. The molecule has 1 N–H and O–H groups in total. The minimum Gasteiger partial charge on any atom is -0.464 e. The molecule has 0 aliphatic carbocycles. The number of furan rings is 1. The van der Waals surface area contributed by atoms with Crippen LogP contribution < -0.4 is 5.32 Å². The summed E-state index contributed by atoms with van der Waals surface area (Å²) in [6, 6.07) is 10.4. The predicted molar refractivity (Wildman–Crippen MR) is 84.3 cm³/mol. The fraction of sp³-hybridized carbons (Fsp3) is 0.353. The van der Waals surface area contributed by atoms with Gasteiger partial charge in [-0.3, -0.25) is 4.68 Å². The lowest BCUT2D eigenvalue weighted by Gasteiger charge is -2.00. The van der Waals surface area contributed by atoms with Crippen LogP contribution in [0, 0.1) is 6.92 Å². The summed E-state index contributed by atoms with van der Waals surface area (Å²) in [4.78, 5) is 0. The second kappa shape index (κ2) is 6.14. The number of aromatic nitrogens is 2. The van der Waals surface area contributed by atoms with Gasteiger partial charge >= 0.3 is 0 Å². The third-order valence-corrected chi connectivity index (χ3v) is 3.67. The number of para-hydroxylation sites is 1. The molecule has 110 valence electrons. The van der Waals surface area contributed by atoms with Crippen LogP contribution in [0.2, 0.25) is 0 Å². The molecule has 4 heteroatoms. The number of nitrogens with zero attached hydrogens (tertiary/aromatic N) is 2. The maximum atomic E-state index is 5.87. The summed E-state index contributed by atoms with van der Waals surface area (Å²) in [6.45, 7) is 6.76. The minimum absolute atomic E-state index is 0.669. The summed E-state index contributed by atoms with van der Waals surface area (Å²) in [6.07, 6.45) is 3.04. The first-order valence-corrected chi connectivity index (χ1v) is 7.47. The van der Waals surface area contributed by atoms with Crippen LogP contribution in [0.5, 0.6) is 0 Å². The van der Waals surface area contributed by atoms with Gasteiger partial charge in [0.25, 0.3) is 0 Å². The van der Waals surface area contributed by atoms with Gasteiger partial charge < -0.3 is 9.73 Å². The van der Waals surface area contributed by atoms with Gasteiger partial charge in [-0.2, -0.15) is 5.10 Å². The standard InChI is InChI=1S/C17H21N3O/c1-3-8-18-10-15-9-16(21-13(15)2)12-20-17-7-5-4-6-14(17)11-19-20/h4-7,9,11,18H,3,8,10,12H2,1-2H3. The number of aryl methyl sites for hydroxylation is 1. The normalized spacial score (nSPS) is 11.3. The van der Waals surface area contributed by atoms with E-state index in [0.717, 1.165) is 41.9 Å². The molecule has 0 unspecified atom stereocenters. The highest BCUT2D eigenvalue weighted by atomic mass is 16.3. The predicted octanol–water partition coefficient (Wildman–Crippen LogP) is 3.49. The van der Waals surface area contributed by atoms with Crippen molar-refractivity contribution in [2.75, 3.05) is 6.54 Å². The molecule has 2 heterocycles. The number of hydrogen-bond donors (Lipinski definition) is 1. The zero-order chi connectivity index (χ0) is 14.7. The van der Waals surface area contributed by atoms with Crippen molar-refractivity contribution in [3.63, 3.8) is 0 Å². The monoisotopic (exact) mass is 283 g/mol. The lowest BCUT2D eigenvalue weighted by Crippen LogP contribution is -2.13. The zero-order valence-electron chi connectivity index (χ0n) is 12.6. The van der Waals surface area contributed by atoms with Gasteiger partial charge in [0, 0.05) is 17.5 Å². The van der Waals surface area contributed by atoms with Crippen molar-refractivity contribution in [2.24, 2.45) is 0 Å². The fourth-order valence-corrected chi connectivity index (χ4v) is 2.54. The van der Waals surface area contributed by atoms with Crippen molar-refractivity contribution in [3.05, 3.63) is 53.6 Å². The summed E-state index contributed by atoms with van der Waals surface area (Å²) in [5.41, 5.74) is 2.37. The summed E-state index contributed by atoms with van der Waals surface area (Å²) in [5.74, 6) is 1.94. The minimum atomic E-state index is 0.669. The van der Waals surface area contributed by atoms with Crippen molar-refractivity contribution >= 4 is 10.9 Å². The Labute approximate surface area is 124 Å². The Morgan fingerprint density at radius 2 is 2.14 bits per heavy atom. The Morgan fingerprint density at radius 3 is 3.00 bits per heavy atom. The van der Waals surface area contributed by atoms with Gasteiger partial charge in [-0.25, -0.2) is 0 Å². The molecular weight excluding hydrogens is 262 g/mol. The summed E-state index contributed by atoms with van der Waals surface area (Å²) < 4.78 is 7.85. The molecule has 0 fully saturated rings. The lowest BCUT2D eigenvalue weighted by molar-refractivity contribution is 0.459. The third-order valence-electron chi connectivity index (χ3n) is 3.67. The van der Waals surface area contributed by atoms with Crippen LogP contribution in [0.4, 0.5) is 0 Å². The van der Waals surface area contributed by atoms with Crippen LogP contribution in [0.15, 0.2) is 40.9 Å². The number of rotatable bonds is 6. The Bertz CT molecular complexity index is 727. The Balaban J connectivity index is 1.77. The maximum Gasteiger partial charge on any atom is 0.126 e. The van der Waals surface area contributed by atoms with Gasteiger partial charge in [-0.1, -0.05) is 25.1 Å². The quantitative estimate of drug-likeness (QED) is 0.704. The van der Waals surface area contributed by atoms with Crippen LogP contribution in [-0.2, 0) is 13.1 Å². The van der Waals surface area contributed by atoms with Crippen molar-refractivity contribution in [3.8, 4) is 0 Å². The molecule has 0 aliphatic rings. The van der Waals surface area contributed by atoms with E-state index in [-0.39, 0.29) is 0 Å². The molecule has 3 aromatic rings. The van der Waals surface area contributed by atoms with E-state index in [1.54, 1.807) is 0 Å². The molecule has 0 saturated heterocycles. The van der Waals surface area contributed by atoms with Crippen molar-refractivity contribution in [1.29, 1.82) is 0 Å². The van der Waals surface area contributed by atoms with E-state index in [0.29, 0.717) is 6.54 Å². The van der Waals surface area contributed by atoms with Gasteiger partial charge in [0.05, 0.1) is 18.3 Å². The average molecular weight is 283 g/mol. The van der Waals surface area contributed by atoms with E-state index in [9.17, 15) is 0 Å². The van der Waals surface area contributed by atoms with E-state index < -0.39 is 0 Å². The molecule has 2 aromatic heterocycles. The van der Waals surface area contributed by atoms with Crippen LogP contribution in [0.3, 0.4) is 0 Å². The third kappa shape index (κ3) is 3.00. The number of nitrogens with one attached hydrogen (secondary N) is 1. The van der Waals surface area contributed by atoms with Gasteiger partial charge in [-0.15, -0.1) is 0 Å². The van der Waals surface area contributed by atoms with Gasteiger partial charge in [0.1, 0.15) is 11.5 Å². The van der Waals surface area contributed by atoms with Crippen LogP contribution in [0.25, 0.3) is 10.9 Å². The van der Waals surface area contributed by atoms with Gasteiger partial charge in [0.2, 0.25) is 0 Å². The topological polar surface area (TPSA) is 43.0 Å². The molecular formula is C17H21N3O. The molecule has 0 atom stereocenters. The van der Waals surface area contributed by atoms with E-state index in [4.69, 9.17) is 4.42 Å².